The molecule has 1 aromatic heterocycles. The van der Waals surface area contributed by atoms with Gasteiger partial charge in [0.25, 0.3) is 5.91 Å². The van der Waals surface area contributed by atoms with E-state index in [1.807, 2.05) is 6.92 Å². The van der Waals surface area contributed by atoms with Crippen LogP contribution in [0, 0.1) is 0 Å². The zero-order valence-electron chi connectivity index (χ0n) is 11.7. The predicted octanol–water partition coefficient (Wildman–Crippen LogP) is 0.888. The van der Waals surface area contributed by atoms with E-state index in [-0.39, 0.29) is 12.2 Å². The van der Waals surface area contributed by atoms with Crippen LogP contribution in [-0.2, 0) is 21.2 Å². The molecule has 21 heavy (non-hydrogen) atoms. The van der Waals surface area contributed by atoms with Gasteiger partial charge in [0.15, 0.2) is 0 Å². The van der Waals surface area contributed by atoms with Crippen molar-refractivity contribution in [2.45, 2.75) is 25.9 Å². The van der Waals surface area contributed by atoms with Gasteiger partial charge in [-0.15, -0.1) is 0 Å². The SMILES string of the molecule is CCn1cc(Br)cc1C(=O)NC(CCS(C)(=O)=O)C(=O)O. The molecule has 0 aliphatic rings. The summed E-state index contributed by atoms with van der Waals surface area (Å²) in [6.07, 6.45) is 2.56. The fourth-order valence-electron chi connectivity index (χ4n) is 1.75. The van der Waals surface area contributed by atoms with Crippen molar-refractivity contribution in [3.05, 3.63) is 22.4 Å². The molecule has 7 nitrogen and oxygen atoms in total. The molecule has 0 fully saturated rings. The lowest BCUT2D eigenvalue weighted by Crippen LogP contribution is -2.42. The summed E-state index contributed by atoms with van der Waals surface area (Å²) in [5.74, 6) is -2.12. The number of aliphatic carboxylic acids is 1. The summed E-state index contributed by atoms with van der Waals surface area (Å²) >= 11 is 3.25. The van der Waals surface area contributed by atoms with Crippen LogP contribution in [0.25, 0.3) is 0 Å². The van der Waals surface area contributed by atoms with Gasteiger partial charge in [0.05, 0.1) is 5.75 Å². The molecule has 1 unspecified atom stereocenters. The second-order valence-electron chi connectivity index (χ2n) is 4.61. The maximum atomic E-state index is 12.1. The van der Waals surface area contributed by atoms with Gasteiger partial charge in [-0.05, 0) is 35.3 Å². The first-order chi connectivity index (χ1) is 9.64. The third-order valence-electron chi connectivity index (χ3n) is 2.82. The Bertz CT molecular complexity index is 638. The van der Waals surface area contributed by atoms with E-state index in [1.54, 1.807) is 16.8 Å². The van der Waals surface area contributed by atoms with Gasteiger partial charge in [-0.25, -0.2) is 13.2 Å². The number of aromatic nitrogens is 1. The van der Waals surface area contributed by atoms with Crippen molar-refractivity contribution < 1.29 is 23.1 Å². The number of carbonyl (C=O) groups is 2. The number of carboxylic acid groups (broad SMARTS) is 1. The monoisotopic (exact) mass is 380 g/mol. The molecule has 0 aromatic carbocycles. The smallest absolute Gasteiger partial charge is 0.326 e. The molecule has 0 radical (unpaired) electrons. The minimum absolute atomic E-state index is 0.173. The number of nitrogens with one attached hydrogen (secondary N) is 1. The Hall–Kier alpha value is -1.35. The molecular weight excluding hydrogens is 364 g/mol. The first kappa shape index (κ1) is 17.7. The lowest BCUT2D eigenvalue weighted by Gasteiger charge is -2.14. The normalized spacial score (nSPS) is 12.9. The summed E-state index contributed by atoms with van der Waals surface area (Å²) in [7, 11) is -3.29. The Morgan fingerprint density at radius 3 is 2.57 bits per heavy atom. The zero-order chi connectivity index (χ0) is 16.2. The molecule has 1 heterocycles. The van der Waals surface area contributed by atoms with Crippen LogP contribution in [0.5, 0.6) is 0 Å². The van der Waals surface area contributed by atoms with E-state index in [0.29, 0.717) is 16.7 Å². The first-order valence-electron chi connectivity index (χ1n) is 6.21. The quantitative estimate of drug-likeness (QED) is 0.730. The van der Waals surface area contributed by atoms with E-state index in [1.165, 1.54) is 0 Å². The highest BCUT2D eigenvalue weighted by Gasteiger charge is 2.23. The van der Waals surface area contributed by atoms with Crippen LogP contribution in [0.4, 0.5) is 0 Å². The van der Waals surface area contributed by atoms with Gasteiger partial charge < -0.3 is 15.0 Å². The van der Waals surface area contributed by atoms with Gasteiger partial charge in [0.2, 0.25) is 0 Å². The molecule has 118 valence electrons. The third-order valence-corrected chi connectivity index (χ3v) is 4.23. The summed E-state index contributed by atoms with van der Waals surface area (Å²) in [6.45, 7) is 2.40. The van der Waals surface area contributed by atoms with Crippen LogP contribution in [-0.4, -0.2) is 48.0 Å². The molecule has 1 rings (SSSR count). The Balaban J connectivity index is 2.83. The number of carbonyl (C=O) groups excluding carboxylic acids is 1. The number of aryl methyl sites for hydroxylation is 1. The fourth-order valence-corrected chi connectivity index (χ4v) is 2.88. The van der Waals surface area contributed by atoms with Gasteiger partial charge >= 0.3 is 5.97 Å². The number of hydrogen-bond acceptors (Lipinski definition) is 4. The van der Waals surface area contributed by atoms with Gasteiger partial charge in [-0.1, -0.05) is 0 Å². The van der Waals surface area contributed by atoms with Crippen LogP contribution >= 0.6 is 15.9 Å². The molecule has 0 spiro atoms. The van der Waals surface area contributed by atoms with Crippen LogP contribution < -0.4 is 5.32 Å². The molecule has 0 bridgehead atoms. The Labute approximate surface area is 131 Å². The van der Waals surface area contributed by atoms with E-state index in [9.17, 15) is 18.0 Å². The largest absolute Gasteiger partial charge is 0.480 e. The molecule has 0 aliphatic carbocycles. The van der Waals surface area contributed by atoms with Crippen molar-refractivity contribution in [1.29, 1.82) is 0 Å². The van der Waals surface area contributed by atoms with Crippen LogP contribution in [0.15, 0.2) is 16.7 Å². The topological polar surface area (TPSA) is 105 Å². The highest BCUT2D eigenvalue weighted by atomic mass is 79.9. The van der Waals surface area contributed by atoms with Crippen LogP contribution in [0.2, 0.25) is 0 Å². The summed E-state index contributed by atoms with van der Waals surface area (Å²) in [5, 5.41) is 11.4. The van der Waals surface area contributed by atoms with Gasteiger partial charge in [0.1, 0.15) is 21.6 Å². The second-order valence-corrected chi connectivity index (χ2v) is 7.79. The van der Waals surface area contributed by atoms with Crippen molar-refractivity contribution in [3.8, 4) is 0 Å². The third kappa shape index (κ3) is 5.50. The molecule has 1 aromatic rings. The molecule has 1 amide bonds. The Morgan fingerprint density at radius 1 is 1.48 bits per heavy atom. The summed E-state index contributed by atoms with van der Waals surface area (Å²) < 4.78 is 24.6. The van der Waals surface area contributed by atoms with E-state index in [4.69, 9.17) is 5.11 Å². The van der Waals surface area contributed by atoms with E-state index >= 15 is 0 Å². The molecule has 9 heteroatoms. The number of carboxylic acids is 1. The molecule has 0 saturated heterocycles. The van der Waals surface area contributed by atoms with E-state index in [0.717, 1.165) is 6.26 Å². The van der Waals surface area contributed by atoms with Crippen molar-refractivity contribution in [2.75, 3.05) is 12.0 Å². The van der Waals surface area contributed by atoms with E-state index < -0.39 is 27.8 Å². The predicted molar refractivity (Wildman–Crippen MR) is 81.0 cm³/mol. The Kier molecular flexibility index (Phi) is 5.97. The Morgan fingerprint density at radius 2 is 2.10 bits per heavy atom. The second kappa shape index (κ2) is 7.08. The van der Waals surface area contributed by atoms with Gasteiger partial charge in [0, 0.05) is 23.5 Å². The fraction of sp³-hybridized carbons (Fsp3) is 0.500. The number of halogens is 1. The van der Waals surface area contributed by atoms with Crippen molar-refractivity contribution in [1.82, 2.24) is 9.88 Å². The average Bonchev–Trinajstić information content (AvgIpc) is 2.74. The maximum Gasteiger partial charge on any atom is 0.326 e. The van der Waals surface area contributed by atoms with E-state index in [2.05, 4.69) is 21.2 Å². The first-order valence-corrected chi connectivity index (χ1v) is 9.06. The molecule has 0 saturated carbocycles. The number of hydrogen-bond donors (Lipinski definition) is 2. The summed E-state index contributed by atoms with van der Waals surface area (Å²) in [5.41, 5.74) is 0.315. The van der Waals surface area contributed by atoms with Crippen LogP contribution in [0.1, 0.15) is 23.8 Å². The number of sulfone groups is 1. The number of amides is 1. The number of nitrogens with zero attached hydrogens (tertiary/aromatic N) is 1. The highest BCUT2D eigenvalue weighted by Crippen LogP contribution is 2.15. The minimum Gasteiger partial charge on any atom is -0.480 e. The van der Waals surface area contributed by atoms with Crippen molar-refractivity contribution in [2.24, 2.45) is 0 Å². The van der Waals surface area contributed by atoms with Gasteiger partial charge in [-0.2, -0.15) is 0 Å². The number of rotatable bonds is 7. The van der Waals surface area contributed by atoms with Crippen molar-refractivity contribution in [3.63, 3.8) is 0 Å². The van der Waals surface area contributed by atoms with Gasteiger partial charge in [-0.3, -0.25) is 4.79 Å². The minimum atomic E-state index is -3.29. The lowest BCUT2D eigenvalue weighted by molar-refractivity contribution is -0.139. The standard InChI is InChI=1S/C12H17BrN2O5S/c1-3-15-7-8(13)6-10(15)11(16)14-9(12(17)18)4-5-21(2,19)20/h6-7,9H,3-5H2,1-2H3,(H,14,16)(H,17,18). The van der Waals surface area contributed by atoms with Crippen LogP contribution in [0.3, 0.4) is 0 Å². The average molecular weight is 381 g/mol. The molecule has 0 aliphatic heterocycles. The molecule has 1 atom stereocenters. The van der Waals surface area contributed by atoms with Crippen molar-refractivity contribution >= 4 is 37.6 Å². The summed E-state index contributed by atoms with van der Waals surface area (Å²) in [6, 6.07) is 0.333. The highest BCUT2D eigenvalue weighted by molar-refractivity contribution is 9.10. The molecular formula is C12H17BrN2O5S. The maximum absolute atomic E-state index is 12.1. The molecule has 2 N–H and O–H groups in total. The lowest BCUT2D eigenvalue weighted by atomic mass is 10.2. The summed E-state index contributed by atoms with van der Waals surface area (Å²) in [4.78, 5) is 23.2. The zero-order valence-corrected chi connectivity index (χ0v) is 14.1.